The van der Waals surface area contributed by atoms with Crippen molar-refractivity contribution < 1.29 is 32.9 Å². The quantitative estimate of drug-likeness (QED) is 0.0272. The van der Waals surface area contributed by atoms with Crippen LogP contribution in [0.5, 0.6) is 0 Å². The van der Waals surface area contributed by atoms with Gasteiger partial charge in [-0.1, -0.05) is 336 Å². The number of hydrogen-bond acceptors (Lipinski definition) is 6. The number of hydrogen-bond donors (Lipinski definition) is 2. The number of carbonyl (C=O) groups excluding carboxylic acids is 1. The molecule has 0 aromatic carbocycles. The lowest BCUT2D eigenvalue weighted by atomic mass is 10.0. The smallest absolute Gasteiger partial charge is 0.268 e. The van der Waals surface area contributed by atoms with E-state index in [1.54, 1.807) is 0 Å². The summed E-state index contributed by atoms with van der Waals surface area (Å²) in [6.45, 7) is 4.64. The Kier molecular flexibility index (Phi) is 62.4. The van der Waals surface area contributed by atoms with Gasteiger partial charge in [-0.15, -0.1) is 0 Å². The molecule has 9 heteroatoms. The van der Waals surface area contributed by atoms with Gasteiger partial charge in [0.25, 0.3) is 7.82 Å². The number of rotatable bonds is 65. The number of phosphoric acid groups is 1. The highest BCUT2D eigenvalue weighted by Gasteiger charge is 2.24. The fourth-order valence-corrected chi connectivity index (χ4v) is 11.2. The first kappa shape index (κ1) is 80.7. The van der Waals surface area contributed by atoms with Gasteiger partial charge < -0.3 is 28.8 Å². The minimum atomic E-state index is -4.59. The highest BCUT2D eigenvalue weighted by atomic mass is 31.2. The summed E-state index contributed by atoms with van der Waals surface area (Å²) in [6, 6.07) is -0.809. The molecule has 1 amide bonds. The molecule has 0 aromatic heterocycles. The second-order valence-electron chi connectivity index (χ2n) is 25.2. The number of quaternary nitrogens is 1. The normalized spacial score (nSPS) is 14.2. The molecular formula is C74H137N2O6P. The first-order chi connectivity index (χ1) is 40.5. The van der Waals surface area contributed by atoms with E-state index in [4.69, 9.17) is 9.05 Å². The van der Waals surface area contributed by atoms with E-state index < -0.39 is 20.0 Å². The van der Waals surface area contributed by atoms with Crippen LogP contribution < -0.4 is 10.2 Å². The van der Waals surface area contributed by atoms with Crippen LogP contribution in [0, 0.1) is 0 Å². The number of likely N-dealkylation sites (N-methyl/N-ethyl adjacent to an activating group) is 1. The van der Waals surface area contributed by atoms with Gasteiger partial charge >= 0.3 is 0 Å². The highest BCUT2D eigenvalue weighted by Crippen LogP contribution is 2.38. The summed E-state index contributed by atoms with van der Waals surface area (Å²) >= 11 is 0. The first-order valence-electron chi connectivity index (χ1n) is 35.4. The van der Waals surface area contributed by atoms with E-state index in [0.717, 1.165) is 83.5 Å². The van der Waals surface area contributed by atoms with Gasteiger partial charge in [-0.25, -0.2) is 0 Å². The SMILES string of the molecule is CC/C=C\C/C=C\C/C=C\C/C=C\C/C=C\C/C=C\C/C=C\CCCCCCCCCCCCCC(=O)NC(COP(=O)([O-])OCC[N+](C)(C)C)C(O)CCCCCCCCCCCCCCCCCCCCCCCCCCCCCC. The number of nitrogens with zero attached hydrogens (tertiary/aromatic N) is 1. The van der Waals surface area contributed by atoms with Crippen molar-refractivity contribution >= 4 is 13.7 Å². The third kappa shape index (κ3) is 67.1. The van der Waals surface area contributed by atoms with Crippen LogP contribution in [0.1, 0.15) is 328 Å². The molecule has 2 N–H and O–H groups in total. The molecule has 0 spiro atoms. The van der Waals surface area contributed by atoms with Gasteiger partial charge in [0, 0.05) is 6.42 Å². The molecule has 0 radical (unpaired) electrons. The summed E-state index contributed by atoms with van der Waals surface area (Å²) in [5, 5.41) is 14.1. The largest absolute Gasteiger partial charge is 0.756 e. The summed E-state index contributed by atoms with van der Waals surface area (Å²) < 4.78 is 23.5. The van der Waals surface area contributed by atoms with Crippen molar-refractivity contribution in [1.82, 2.24) is 5.32 Å². The van der Waals surface area contributed by atoms with Crippen molar-refractivity contribution in [2.24, 2.45) is 0 Å². The lowest BCUT2D eigenvalue weighted by molar-refractivity contribution is -0.870. The maximum absolute atomic E-state index is 13.1. The molecule has 0 saturated carbocycles. The Hall–Kier alpha value is -2.32. The average molecular weight is 1180 g/mol. The van der Waals surface area contributed by atoms with E-state index in [-0.39, 0.29) is 19.1 Å². The Bertz CT molecular complexity index is 1630. The zero-order valence-electron chi connectivity index (χ0n) is 55.4. The maximum atomic E-state index is 13.1. The number of amides is 1. The summed E-state index contributed by atoms with van der Waals surface area (Å²) in [5.74, 6) is -0.167. The average Bonchev–Trinajstić information content (AvgIpc) is 3.49. The number of aliphatic hydroxyl groups is 1. The molecule has 0 fully saturated rings. The van der Waals surface area contributed by atoms with E-state index >= 15 is 0 Å². The number of carbonyl (C=O) groups is 1. The predicted octanol–water partition coefficient (Wildman–Crippen LogP) is 22.1. The van der Waals surface area contributed by atoms with Crippen molar-refractivity contribution in [3.8, 4) is 0 Å². The molecule has 8 nitrogen and oxygen atoms in total. The molecular weight excluding hydrogens is 1040 g/mol. The number of phosphoric ester groups is 1. The maximum Gasteiger partial charge on any atom is 0.268 e. The van der Waals surface area contributed by atoms with Crippen LogP contribution in [0.2, 0.25) is 0 Å². The molecule has 0 bridgehead atoms. The summed E-state index contributed by atoms with van der Waals surface area (Å²) in [5.41, 5.74) is 0. The molecule has 0 aromatic rings. The van der Waals surface area contributed by atoms with Crippen LogP contribution in [0.15, 0.2) is 85.1 Å². The van der Waals surface area contributed by atoms with Crippen molar-refractivity contribution in [2.45, 2.75) is 341 Å². The Morgan fingerprint density at radius 2 is 0.735 bits per heavy atom. The predicted molar refractivity (Wildman–Crippen MR) is 362 cm³/mol. The lowest BCUT2D eigenvalue weighted by Gasteiger charge is -2.30. The van der Waals surface area contributed by atoms with E-state index in [0.29, 0.717) is 23.9 Å². The Morgan fingerprint density at radius 1 is 0.434 bits per heavy atom. The van der Waals surface area contributed by atoms with Crippen molar-refractivity contribution in [1.29, 1.82) is 0 Å². The molecule has 0 aliphatic heterocycles. The Labute approximate surface area is 516 Å². The second-order valence-corrected chi connectivity index (χ2v) is 26.6. The third-order valence-corrected chi connectivity index (χ3v) is 16.9. The standard InChI is InChI=1S/C74H137N2O6P/c1-6-8-10-12-14-16-18-20-22-24-26-28-30-32-34-36-37-38-39-40-42-44-46-48-50-52-54-56-58-60-62-64-66-68-74(78)75-72(71-82-83(79,80)81-70-69-76(3,4)5)73(77)67-65-63-61-59-57-55-53-51-49-47-45-43-41-35-33-31-29-27-25-23-21-19-17-15-13-11-9-7-2/h8,10,14,16,20,22,26,28,32,34,37-38,40,42,72-73,77H,6-7,9,11-13,15,17-19,21,23-25,27,29-31,33,35-36,39,41,43-71H2,1-5H3,(H-,75,78,79,80)/b10-8-,16-14-,22-20-,28-26-,34-32-,38-37-,42-40-. The minimum absolute atomic E-state index is 0.00916. The van der Waals surface area contributed by atoms with Gasteiger partial charge in [0.15, 0.2) is 0 Å². The number of allylic oxidation sites excluding steroid dienone is 14. The van der Waals surface area contributed by atoms with Crippen molar-refractivity contribution in [2.75, 3.05) is 40.9 Å². The van der Waals surface area contributed by atoms with E-state index in [2.05, 4.69) is 104 Å². The second kappa shape index (κ2) is 64.2. The number of unbranched alkanes of at least 4 members (excludes halogenated alkanes) is 38. The molecule has 0 rings (SSSR count). The van der Waals surface area contributed by atoms with Crippen molar-refractivity contribution in [3.05, 3.63) is 85.1 Å². The van der Waals surface area contributed by atoms with Crippen LogP contribution in [0.4, 0.5) is 0 Å². The number of nitrogens with one attached hydrogen (secondary N) is 1. The Balaban J connectivity index is 4.07. The third-order valence-electron chi connectivity index (χ3n) is 15.9. The van der Waals surface area contributed by atoms with Gasteiger partial charge in [-0.3, -0.25) is 9.36 Å². The van der Waals surface area contributed by atoms with Crippen LogP contribution in [0.25, 0.3) is 0 Å². The zero-order chi connectivity index (χ0) is 60.5. The Morgan fingerprint density at radius 3 is 1.07 bits per heavy atom. The van der Waals surface area contributed by atoms with Gasteiger partial charge in [-0.05, 0) is 70.6 Å². The minimum Gasteiger partial charge on any atom is -0.756 e. The molecule has 83 heavy (non-hydrogen) atoms. The topological polar surface area (TPSA) is 108 Å². The molecule has 0 saturated heterocycles. The van der Waals surface area contributed by atoms with Crippen LogP contribution >= 0.6 is 7.82 Å². The summed E-state index contributed by atoms with van der Waals surface area (Å²) in [6.07, 6.45) is 90.8. The fourth-order valence-electron chi connectivity index (χ4n) is 10.4. The summed E-state index contributed by atoms with van der Waals surface area (Å²) in [4.78, 5) is 25.7. The van der Waals surface area contributed by atoms with Crippen molar-refractivity contribution in [3.63, 3.8) is 0 Å². The first-order valence-corrected chi connectivity index (χ1v) is 36.9. The molecule has 0 aliphatic carbocycles. The zero-order valence-corrected chi connectivity index (χ0v) is 56.3. The fraction of sp³-hybridized carbons (Fsp3) is 0.797. The van der Waals surface area contributed by atoms with Gasteiger partial charge in [0.2, 0.25) is 5.91 Å². The monoisotopic (exact) mass is 1180 g/mol. The molecule has 0 aliphatic rings. The van der Waals surface area contributed by atoms with Crippen LogP contribution in [0.3, 0.4) is 0 Å². The molecule has 484 valence electrons. The van der Waals surface area contributed by atoms with Crippen LogP contribution in [-0.2, 0) is 18.4 Å². The molecule has 3 unspecified atom stereocenters. The van der Waals surface area contributed by atoms with E-state index in [1.165, 1.54) is 218 Å². The summed E-state index contributed by atoms with van der Waals surface area (Å²) in [7, 11) is 1.31. The number of aliphatic hydroxyl groups excluding tert-OH is 1. The van der Waals surface area contributed by atoms with E-state index in [1.807, 2.05) is 21.1 Å². The van der Waals surface area contributed by atoms with Gasteiger partial charge in [0.1, 0.15) is 13.2 Å². The lowest BCUT2D eigenvalue weighted by Crippen LogP contribution is -2.46. The van der Waals surface area contributed by atoms with E-state index in [9.17, 15) is 19.4 Å². The molecule has 0 heterocycles. The van der Waals surface area contributed by atoms with Gasteiger partial charge in [-0.2, -0.15) is 0 Å². The highest BCUT2D eigenvalue weighted by molar-refractivity contribution is 7.45. The molecule has 3 atom stereocenters. The van der Waals surface area contributed by atoms with Gasteiger partial charge in [0.05, 0.1) is 39.9 Å². The van der Waals surface area contributed by atoms with Crippen LogP contribution in [-0.4, -0.2) is 68.5 Å².